The summed E-state index contributed by atoms with van der Waals surface area (Å²) in [5.41, 5.74) is 9.85. The van der Waals surface area contributed by atoms with Crippen LogP contribution in [0.4, 0.5) is 0 Å². The molecule has 0 unspecified atom stereocenters. The van der Waals surface area contributed by atoms with Crippen LogP contribution in [0.2, 0.25) is 0 Å². The lowest BCUT2D eigenvalue weighted by atomic mass is 9.58. The summed E-state index contributed by atoms with van der Waals surface area (Å²) in [6.07, 6.45) is 46.8. The zero-order chi connectivity index (χ0) is 55.9. The number of likely N-dealkylation sites (tertiary alicyclic amines) is 2. The maximum Gasteiger partial charge on any atom is 0.0974 e. The molecule has 6 aliphatic heterocycles. The predicted octanol–water partition coefficient (Wildman–Crippen LogP) is 18.8. The van der Waals surface area contributed by atoms with E-state index in [1.165, 1.54) is 200 Å². The Morgan fingerprint density at radius 1 is 0.463 bits per heavy atom. The van der Waals surface area contributed by atoms with Crippen molar-refractivity contribution in [1.29, 1.82) is 0 Å². The van der Waals surface area contributed by atoms with Gasteiger partial charge in [0.1, 0.15) is 0 Å². The second-order valence-corrected chi connectivity index (χ2v) is 26.4. The molecule has 0 N–H and O–H groups in total. The summed E-state index contributed by atoms with van der Waals surface area (Å²) in [6, 6.07) is 20.0. The van der Waals surface area contributed by atoms with Crippen LogP contribution in [0, 0.1) is 22.7 Å². The number of hydrogen-bond donors (Lipinski definition) is 0. The number of fused-ring (bicyclic) bond motifs is 4. The highest BCUT2D eigenvalue weighted by atomic mass is 16.5. The molecule has 6 heteroatoms. The average molecular weight is 1080 g/mol. The number of nitrogens with zero attached hydrogens (tertiary/aromatic N) is 4. The van der Waals surface area contributed by atoms with E-state index in [1.54, 1.807) is 22.3 Å². The Hall–Kier alpha value is -3.94. The highest BCUT2D eigenvalue weighted by molar-refractivity contribution is 5.83. The molecule has 0 amide bonds. The van der Waals surface area contributed by atoms with Gasteiger partial charge in [-0.1, -0.05) is 131 Å². The van der Waals surface area contributed by atoms with Crippen LogP contribution in [-0.4, -0.2) is 80.4 Å². The van der Waals surface area contributed by atoms with Gasteiger partial charge >= 0.3 is 0 Å². The van der Waals surface area contributed by atoms with Gasteiger partial charge in [0.05, 0.1) is 22.4 Å². The Labute approximate surface area is 485 Å². The zero-order valence-corrected chi connectivity index (χ0v) is 51.7. The molecule has 8 fully saturated rings. The molecule has 432 valence electrons. The molecule has 2 aromatic heterocycles. The number of ether oxygens (including phenoxy) is 2. The van der Waals surface area contributed by atoms with E-state index >= 15 is 0 Å². The van der Waals surface area contributed by atoms with Crippen molar-refractivity contribution in [2.75, 3.05) is 26.2 Å². The van der Waals surface area contributed by atoms with Gasteiger partial charge in [-0.05, 0) is 258 Å². The van der Waals surface area contributed by atoms with E-state index in [4.69, 9.17) is 9.47 Å². The van der Waals surface area contributed by atoms with Gasteiger partial charge in [0, 0.05) is 47.6 Å². The van der Waals surface area contributed by atoms with Crippen molar-refractivity contribution in [3.8, 4) is 0 Å². The topological polar surface area (TPSA) is 50.7 Å². The van der Waals surface area contributed by atoms with Crippen molar-refractivity contribution in [1.82, 2.24) is 19.8 Å². The summed E-state index contributed by atoms with van der Waals surface area (Å²) >= 11 is 0. The molecule has 80 heavy (non-hydrogen) atoms. The first-order valence-corrected chi connectivity index (χ1v) is 33.6. The average Bonchev–Trinajstić information content (AvgIpc) is 3.93. The summed E-state index contributed by atoms with van der Waals surface area (Å²) in [6.45, 7) is 26.4. The number of hydrogen-bond acceptors (Lipinski definition) is 6. The zero-order valence-electron chi connectivity index (χ0n) is 51.7. The fraction of sp³-hybridized carbons (Fsp3) is 0.649. The largest absolute Gasteiger partial charge is 0.359 e. The van der Waals surface area contributed by atoms with Crippen LogP contribution in [0.1, 0.15) is 233 Å². The minimum Gasteiger partial charge on any atom is -0.359 e. The Morgan fingerprint density at radius 2 is 0.875 bits per heavy atom. The van der Waals surface area contributed by atoms with E-state index in [0.29, 0.717) is 23.7 Å². The van der Waals surface area contributed by atoms with Crippen LogP contribution in [0.3, 0.4) is 0 Å². The lowest BCUT2D eigenvalue weighted by molar-refractivity contribution is -0.141. The third-order valence-electron chi connectivity index (χ3n) is 23.3. The normalized spacial score (nSPS) is 38.0. The minimum absolute atomic E-state index is 0.0165. The minimum atomic E-state index is -0.0482. The number of benzene rings is 2. The highest BCUT2D eigenvalue weighted by Gasteiger charge is 2.68. The Morgan fingerprint density at radius 3 is 1.29 bits per heavy atom. The molecule has 6 aliphatic carbocycles. The molecule has 4 spiro atoms. The van der Waals surface area contributed by atoms with E-state index in [2.05, 4.69) is 106 Å². The number of aromatic nitrogens is 2. The first kappa shape index (κ1) is 57.9. The van der Waals surface area contributed by atoms with Crippen molar-refractivity contribution in [2.45, 2.75) is 257 Å². The lowest BCUT2D eigenvalue weighted by Crippen LogP contribution is -2.55. The van der Waals surface area contributed by atoms with Gasteiger partial charge in [0.25, 0.3) is 0 Å². The molecule has 6 nitrogen and oxygen atoms in total. The monoisotopic (exact) mass is 1080 g/mol. The Bertz CT molecular complexity index is 2750. The molecule has 4 aromatic rings. The fourth-order valence-corrected chi connectivity index (χ4v) is 19.7. The molecule has 4 bridgehead atoms. The first-order chi connectivity index (χ1) is 39.2. The molecular formula is C74H104N4O2. The summed E-state index contributed by atoms with van der Waals surface area (Å²) in [5.74, 6) is 2.42. The fourth-order valence-electron chi connectivity index (χ4n) is 19.7. The first-order valence-electron chi connectivity index (χ1n) is 33.6. The van der Waals surface area contributed by atoms with Crippen molar-refractivity contribution in [3.63, 3.8) is 0 Å². The van der Waals surface area contributed by atoms with Crippen molar-refractivity contribution >= 4 is 21.5 Å². The SMILES string of the molecule is CC.CC.CC.CC.C[C@]12CC=C3C=C4CC[C@@H](N5CCCCC5)C[C@]45CC[C@]3(O5)[C@@H]1CC[C@@H]2c1ccc2ccncc2c1.C[C@]12CC=C3C=C4CC[C@H](N5CCCCC5)C[C@]45CC[C@]3(O5)[C@@H]1CC[C@@H]2c1ccc2ccncc2c1. The quantitative estimate of drug-likeness (QED) is 0.203. The maximum absolute atomic E-state index is 7.56. The molecular weight excluding hydrogens is 977 g/mol. The van der Waals surface area contributed by atoms with E-state index in [1.807, 2.05) is 80.2 Å². The molecule has 12 atom stereocenters. The van der Waals surface area contributed by atoms with Crippen LogP contribution in [0.25, 0.3) is 21.5 Å². The van der Waals surface area contributed by atoms with Crippen LogP contribution in [0.15, 0.2) is 120 Å². The summed E-state index contributed by atoms with van der Waals surface area (Å²) in [4.78, 5) is 14.4. The lowest BCUT2D eigenvalue weighted by Gasteiger charge is -2.55. The Balaban J connectivity index is 0.000000150. The van der Waals surface area contributed by atoms with E-state index < -0.39 is 0 Å². The molecule has 0 radical (unpaired) electrons. The number of rotatable bonds is 4. The second kappa shape index (κ2) is 23.6. The van der Waals surface area contributed by atoms with Crippen LogP contribution in [-0.2, 0) is 9.47 Å². The standard InChI is InChI=1S/2C33H40N2O.4C2H6/c2*1-31-13-11-27-20-26-7-8-28(35-17-3-2-4-18-35)21-32(26)14-15-33(27,36-32)30(31)10-9-29(31)24-6-5-23-12-16-34-22-25(23)19-24;4*1-2/h2*5-6,11-12,16,19-20,22,28-30H,2-4,7-10,13-15,17-18,21H2,1H3;4*1-2H3/t28-,29+,30+,31+,32+,33+;28-,29-,30-,31-,32-,33-;;;;/m01..../s1. The van der Waals surface area contributed by atoms with Gasteiger partial charge in [-0.3, -0.25) is 9.97 Å². The number of piperidine rings is 2. The third-order valence-corrected chi connectivity index (χ3v) is 23.3. The van der Waals surface area contributed by atoms with Gasteiger partial charge in [-0.25, -0.2) is 0 Å². The number of pyridine rings is 2. The summed E-state index contributed by atoms with van der Waals surface area (Å²) in [7, 11) is 0. The summed E-state index contributed by atoms with van der Waals surface area (Å²) < 4.78 is 15.1. The molecule has 16 rings (SSSR count). The second-order valence-electron chi connectivity index (χ2n) is 26.4. The Kier molecular flexibility index (Phi) is 17.1. The van der Waals surface area contributed by atoms with Gasteiger partial charge in [-0.15, -0.1) is 0 Å². The van der Waals surface area contributed by atoms with Gasteiger partial charge in [0.2, 0.25) is 0 Å². The van der Waals surface area contributed by atoms with Crippen molar-refractivity contribution in [3.05, 3.63) is 131 Å². The smallest absolute Gasteiger partial charge is 0.0974 e. The molecule has 12 aliphatic rings. The molecule has 4 saturated carbocycles. The molecule has 4 saturated heterocycles. The van der Waals surface area contributed by atoms with Gasteiger partial charge in [0.15, 0.2) is 0 Å². The van der Waals surface area contributed by atoms with Gasteiger partial charge in [-0.2, -0.15) is 0 Å². The van der Waals surface area contributed by atoms with E-state index in [9.17, 15) is 0 Å². The van der Waals surface area contributed by atoms with Gasteiger partial charge < -0.3 is 19.3 Å². The maximum atomic E-state index is 7.56. The molecule has 2 aromatic carbocycles. The highest BCUT2D eigenvalue weighted by Crippen LogP contribution is 2.71. The third kappa shape index (κ3) is 9.49. The van der Waals surface area contributed by atoms with Crippen molar-refractivity contribution in [2.24, 2.45) is 22.7 Å². The van der Waals surface area contributed by atoms with Crippen molar-refractivity contribution < 1.29 is 9.47 Å². The van der Waals surface area contributed by atoms with Crippen LogP contribution in [0.5, 0.6) is 0 Å². The molecule has 8 heterocycles. The number of allylic oxidation sites excluding steroid dienone is 2. The van der Waals surface area contributed by atoms with E-state index in [-0.39, 0.29) is 33.2 Å². The predicted molar refractivity (Wildman–Crippen MR) is 335 cm³/mol. The van der Waals surface area contributed by atoms with Crippen LogP contribution < -0.4 is 0 Å². The summed E-state index contributed by atoms with van der Waals surface area (Å²) in [5, 5.41) is 5.15. The van der Waals surface area contributed by atoms with E-state index in [0.717, 1.165) is 12.1 Å². The van der Waals surface area contributed by atoms with Crippen LogP contribution >= 0.6 is 0 Å².